The van der Waals surface area contributed by atoms with Crippen LogP contribution in [-0.2, 0) is 41.6 Å². The van der Waals surface area contributed by atoms with E-state index in [-0.39, 0.29) is 44.0 Å². The van der Waals surface area contributed by atoms with Crippen LogP contribution in [-0.4, -0.2) is 43.9 Å². The second-order valence-corrected chi connectivity index (χ2v) is 11.5. The summed E-state index contributed by atoms with van der Waals surface area (Å²) in [5.41, 5.74) is 3.48. The van der Waals surface area contributed by atoms with Crippen molar-refractivity contribution in [3.8, 4) is 28.4 Å². The molecule has 246 valence electrons. The molecule has 0 radical (unpaired) electrons. The van der Waals surface area contributed by atoms with Crippen LogP contribution in [0.25, 0.3) is 11.1 Å². The van der Waals surface area contributed by atoms with Crippen molar-refractivity contribution in [3.63, 3.8) is 0 Å². The smallest absolute Gasteiger partial charge is 0.492 e. The molecular formula is C37H38O10. The van der Waals surface area contributed by atoms with E-state index in [0.717, 1.165) is 16.7 Å². The first-order valence-electron chi connectivity index (χ1n) is 15.1. The molecule has 0 amide bonds. The van der Waals surface area contributed by atoms with Crippen LogP contribution < -0.4 is 14.2 Å². The minimum Gasteiger partial charge on any atom is -0.492 e. The summed E-state index contributed by atoms with van der Waals surface area (Å²) in [7, 11) is 0. The highest BCUT2D eigenvalue weighted by Crippen LogP contribution is 2.32. The van der Waals surface area contributed by atoms with Gasteiger partial charge in [0.1, 0.15) is 43.7 Å². The molecule has 1 aliphatic rings. The lowest BCUT2D eigenvalue weighted by atomic mass is 9.87. The minimum absolute atomic E-state index is 0.0258. The molecule has 0 unspecified atom stereocenters. The summed E-state index contributed by atoms with van der Waals surface area (Å²) in [6.45, 7) is 12.9. The average molecular weight is 643 g/mol. The van der Waals surface area contributed by atoms with Gasteiger partial charge in [0.15, 0.2) is 0 Å². The molecule has 0 aliphatic carbocycles. The Morgan fingerprint density at radius 2 is 1.40 bits per heavy atom. The Kier molecular flexibility index (Phi) is 11.6. The molecule has 0 bridgehead atoms. The first-order valence-corrected chi connectivity index (χ1v) is 15.1. The number of aryl methyl sites for hydroxylation is 1. The van der Waals surface area contributed by atoms with Gasteiger partial charge in [0.05, 0.1) is 5.41 Å². The van der Waals surface area contributed by atoms with E-state index in [4.69, 9.17) is 28.4 Å². The number of carbonyl (C=O) groups excluding carboxylic acids is 4. The quantitative estimate of drug-likeness (QED) is 0.104. The number of ether oxygens (including phenoxy) is 6. The maximum Gasteiger partial charge on any atom is 0.508 e. The highest BCUT2D eigenvalue weighted by Gasteiger charge is 2.37. The third kappa shape index (κ3) is 9.80. The van der Waals surface area contributed by atoms with Crippen LogP contribution in [0.15, 0.2) is 91.0 Å². The van der Waals surface area contributed by atoms with Crippen LogP contribution in [0.4, 0.5) is 4.79 Å². The van der Waals surface area contributed by atoms with Gasteiger partial charge < -0.3 is 28.4 Å². The normalized spacial score (nSPS) is 13.4. The van der Waals surface area contributed by atoms with Gasteiger partial charge >= 0.3 is 24.1 Å². The molecule has 47 heavy (non-hydrogen) atoms. The van der Waals surface area contributed by atoms with E-state index < -0.39 is 29.5 Å². The van der Waals surface area contributed by atoms with Crippen LogP contribution in [0.2, 0.25) is 0 Å². The Hall–Kier alpha value is -5.38. The van der Waals surface area contributed by atoms with Gasteiger partial charge in [-0.1, -0.05) is 50.4 Å². The van der Waals surface area contributed by atoms with Crippen LogP contribution in [0, 0.1) is 5.41 Å². The molecule has 4 rings (SSSR count). The van der Waals surface area contributed by atoms with Gasteiger partial charge in [-0.25, -0.2) is 14.4 Å². The van der Waals surface area contributed by atoms with Gasteiger partial charge in [-0.05, 0) is 79.8 Å². The molecule has 1 aliphatic heterocycles. The molecule has 0 N–H and O–H groups in total. The fraction of sp³-hybridized carbons (Fsp3) is 0.297. The van der Waals surface area contributed by atoms with Crippen LogP contribution >= 0.6 is 0 Å². The molecule has 0 saturated carbocycles. The highest BCUT2D eigenvalue weighted by atomic mass is 16.7. The molecule has 0 spiro atoms. The van der Waals surface area contributed by atoms with Crippen molar-refractivity contribution in [2.24, 2.45) is 5.41 Å². The first-order chi connectivity index (χ1) is 22.5. The second-order valence-electron chi connectivity index (χ2n) is 11.5. The molecule has 0 atom stereocenters. The maximum absolute atomic E-state index is 12.5. The summed E-state index contributed by atoms with van der Waals surface area (Å²) >= 11 is 0. The first kappa shape index (κ1) is 34.5. The number of esters is 3. The Morgan fingerprint density at radius 1 is 0.809 bits per heavy atom. The molecule has 1 saturated heterocycles. The zero-order chi connectivity index (χ0) is 34.0. The standard InChI is InChI=1S/C37H38O10/c1-6-37(22-44-36(41)45-23-37)21-43-32-17-12-28(19-29(32)20-42-34(39)24(2)3)27-10-7-26(8-11-27)9-18-33(38)46-30-13-15-31(16-14-30)47-35(40)25(4)5/h7-8,10-17,19H,2,4,6,9,18,20-23H2,1,3,5H3. The van der Waals surface area contributed by atoms with Gasteiger partial charge in [0.2, 0.25) is 0 Å². The lowest BCUT2D eigenvalue weighted by Gasteiger charge is -2.34. The second kappa shape index (κ2) is 15.8. The zero-order valence-electron chi connectivity index (χ0n) is 26.8. The number of cyclic esters (lactones) is 2. The summed E-state index contributed by atoms with van der Waals surface area (Å²) in [6.07, 6.45) is 0.619. The van der Waals surface area contributed by atoms with Gasteiger partial charge in [-0.2, -0.15) is 0 Å². The zero-order valence-corrected chi connectivity index (χ0v) is 26.8. The summed E-state index contributed by atoms with van der Waals surface area (Å²) in [6, 6.07) is 19.6. The van der Waals surface area contributed by atoms with Crippen molar-refractivity contribution in [3.05, 3.63) is 102 Å². The molecule has 1 heterocycles. The molecule has 3 aromatic carbocycles. The van der Waals surface area contributed by atoms with E-state index in [0.29, 0.717) is 35.7 Å². The fourth-order valence-electron chi connectivity index (χ4n) is 4.47. The Morgan fingerprint density at radius 3 is 2.00 bits per heavy atom. The van der Waals surface area contributed by atoms with Gasteiger partial charge in [-0.3, -0.25) is 4.79 Å². The summed E-state index contributed by atoms with van der Waals surface area (Å²) in [5.74, 6) is -0.230. The fourth-order valence-corrected chi connectivity index (χ4v) is 4.47. The SMILES string of the molecule is C=C(C)C(=O)OCc1cc(-c2ccc(CCC(=O)Oc3ccc(OC(=O)C(=C)C)cc3)cc2)ccc1OCC1(CC)COC(=O)OC1. The van der Waals surface area contributed by atoms with Crippen molar-refractivity contribution in [1.29, 1.82) is 0 Å². The lowest BCUT2D eigenvalue weighted by molar-refractivity contribution is -0.140. The monoisotopic (exact) mass is 642 g/mol. The predicted octanol–water partition coefficient (Wildman–Crippen LogP) is 6.93. The average Bonchev–Trinajstić information content (AvgIpc) is 3.07. The Balaban J connectivity index is 1.38. The van der Waals surface area contributed by atoms with Crippen molar-refractivity contribution in [2.45, 2.75) is 46.6 Å². The van der Waals surface area contributed by atoms with Crippen LogP contribution in [0.1, 0.15) is 44.7 Å². The Bertz CT molecular complexity index is 1630. The minimum atomic E-state index is -0.691. The molecule has 10 heteroatoms. The molecule has 10 nitrogen and oxygen atoms in total. The van der Waals surface area contributed by atoms with Crippen LogP contribution in [0.5, 0.6) is 17.2 Å². The van der Waals surface area contributed by atoms with Crippen molar-refractivity contribution < 1.29 is 47.6 Å². The molecule has 3 aromatic rings. The van der Waals surface area contributed by atoms with Gasteiger partial charge in [0, 0.05) is 23.1 Å². The van der Waals surface area contributed by atoms with Gasteiger partial charge in [0.25, 0.3) is 0 Å². The van der Waals surface area contributed by atoms with E-state index in [1.54, 1.807) is 38.1 Å². The summed E-state index contributed by atoms with van der Waals surface area (Å²) < 4.78 is 32.4. The van der Waals surface area contributed by atoms with Crippen molar-refractivity contribution in [2.75, 3.05) is 19.8 Å². The molecule has 0 aromatic heterocycles. The summed E-state index contributed by atoms with van der Waals surface area (Å²) in [5, 5.41) is 0. The predicted molar refractivity (Wildman–Crippen MR) is 173 cm³/mol. The van der Waals surface area contributed by atoms with Crippen LogP contribution in [0.3, 0.4) is 0 Å². The highest BCUT2D eigenvalue weighted by molar-refractivity contribution is 5.88. The number of hydrogen-bond acceptors (Lipinski definition) is 10. The van der Waals surface area contributed by atoms with Gasteiger partial charge in [-0.15, -0.1) is 0 Å². The maximum atomic E-state index is 12.5. The van der Waals surface area contributed by atoms with E-state index in [1.807, 2.05) is 49.4 Å². The third-order valence-corrected chi connectivity index (χ3v) is 7.56. The van der Waals surface area contributed by atoms with E-state index in [2.05, 4.69) is 13.2 Å². The number of hydrogen-bond donors (Lipinski definition) is 0. The van der Waals surface area contributed by atoms with E-state index in [9.17, 15) is 19.2 Å². The lowest BCUT2D eigenvalue weighted by Crippen LogP contribution is -2.43. The van der Waals surface area contributed by atoms with E-state index >= 15 is 0 Å². The molecular weight excluding hydrogens is 604 g/mol. The molecule has 1 fully saturated rings. The number of benzene rings is 3. The topological polar surface area (TPSA) is 124 Å². The van der Waals surface area contributed by atoms with E-state index in [1.165, 1.54) is 0 Å². The Labute approximate surface area is 273 Å². The summed E-state index contributed by atoms with van der Waals surface area (Å²) in [4.78, 5) is 47.7. The largest absolute Gasteiger partial charge is 0.508 e. The number of carbonyl (C=O) groups is 4. The van der Waals surface area contributed by atoms with Crippen molar-refractivity contribution >= 4 is 24.1 Å². The van der Waals surface area contributed by atoms with Crippen molar-refractivity contribution in [1.82, 2.24) is 0 Å². The third-order valence-electron chi connectivity index (χ3n) is 7.56. The number of rotatable bonds is 14.